The fraction of sp³-hybridized carbons (Fsp3) is 0.100. The van der Waals surface area contributed by atoms with Crippen LogP contribution in [-0.2, 0) is 6.54 Å². The summed E-state index contributed by atoms with van der Waals surface area (Å²) in [7, 11) is 0. The fourth-order valence-corrected chi connectivity index (χ4v) is 1.75. The van der Waals surface area contributed by atoms with Crippen molar-refractivity contribution in [3.8, 4) is 0 Å². The summed E-state index contributed by atoms with van der Waals surface area (Å²) >= 11 is 1.03. The molecule has 0 saturated carbocycles. The highest BCUT2D eigenvalue weighted by molar-refractivity contribution is 7.06. The zero-order chi connectivity index (χ0) is 11.5. The van der Waals surface area contributed by atoms with Gasteiger partial charge in [0, 0.05) is 0 Å². The van der Waals surface area contributed by atoms with Gasteiger partial charge in [-0.25, -0.2) is 9.48 Å². The molecule has 2 rings (SSSR count). The maximum absolute atomic E-state index is 11.2. The number of hydrogen-bond acceptors (Lipinski definition) is 4. The van der Waals surface area contributed by atoms with Gasteiger partial charge >= 0.3 is 10.8 Å². The molecular formula is C10H8N2O3S. The third kappa shape index (κ3) is 2.17. The van der Waals surface area contributed by atoms with E-state index in [1.807, 2.05) is 0 Å². The lowest BCUT2D eigenvalue weighted by molar-refractivity contribution is 0.0697. The third-order valence-electron chi connectivity index (χ3n) is 2.08. The standard InChI is InChI=1S/C10H8N2O3S/c13-9(14)8-3-1-7(2-4-8)5-12-10(15)16-6-11-12/h1-4,6H,5H2,(H,13,14). The molecule has 1 heterocycles. The number of carboxylic acids is 1. The quantitative estimate of drug-likeness (QED) is 0.864. The molecule has 0 fully saturated rings. The third-order valence-corrected chi connectivity index (χ3v) is 2.70. The Hall–Kier alpha value is -1.95. The van der Waals surface area contributed by atoms with Gasteiger partial charge in [0.25, 0.3) is 0 Å². The maximum atomic E-state index is 11.2. The number of benzene rings is 1. The molecule has 0 aliphatic rings. The van der Waals surface area contributed by atoms with Crippen molar-refractivity contribution < 1.29 is 9.90 Å². The summed E-state index contributed by atoms with van der Waals surface area (Å²) < 4.78 is 1.33. The molecule has 0 saturated heterocycles. The van der Waals surface area contributed by atoms with Gasteiger partial charge in [0.05, 0.1) is 12.1 Å². The zero-order valence-electron chi connectivity index (χ0n) is 8.16. The summed E-state index contributed by atoms with van der Waals surface area (Å²) in [6.07, 6.45) is 0. The normalized spacial score (nSPS) is 10.2. The largest absolute Gasteiger partial charge is 0.478 e. The van der Waals surface area contributed by atoms with E-state index in [1.165, 1.54) is 22.3 Å². The van der Waals surface area contributed by atoms with E-state index in [0.29, 0.717) is 6.54 Å². The lowest BCUT2D eigenvalue weighted by Gasteiger charge is -2.00. The summed E-state index contributed by atoms with van der Waals surface area (Å²) in [6.45, 7) is 0.363. The van der Waals surface area contributed by atoms with Crippen molar-refractivity contribution in [3.05, 3.63) is 50.6 Å². The number of nitrogens with zero attached hydrogens (tertiary/aromatic N) is 2. The van der Waals surface area contributed by atoms with Crippen molar-refractivity contribution in [1.82, 2.24) is 9.78 Å². The average molecular weight is 236 g/mol. The predicted octanol–water partition coefficient (Wildman–Crippen LogP) is 1.05. The van der Waals surface area contributed by atoms with Crippen molar-refractivity contribution in [2.75, 3.05) is 0 Å². The Bertz CT molecular complexity index is 556. The highest BCUT2D eigenvalue weighted by Gasteiger charge is 2.03. The van der Waals surface area contributed by atoms with Crippen LogP contribution >= 0.6 is 11.3 Å². The van der Waals surface area contributed by atoms with E-state index in [0.717, 1.165) is 16.9 Å². The Labute approximate surface area is 94.6 Å². The summed E-state index contributed by atoms with van der Waals surface area (Å²) in [5.41, 5.74) is 2.56. The molecule has 2 aromatic rings. The van der Waals surface area contributed by atoms with Crippen LogP contribution in [-0.4, -0.2) is 20.9 Å². The molecule has 0 amide bonds. The highest BCUT2D eigenvalue weighted by Crippen LogP contribution is 2.05. The van der Waals surface area contributed by atoms with Gasteiger partial charge in [-0.2, -0.15) is 5.10 Å². The second-order valence-electron chi connectivity index (χ2n) is 3.16. The van der Waals surface area contributed by atoms with Crippen molar-refractivity contribution >= 4 is 17.3 Å². The first-order chi connectivity index (χ1) is 7.66. The number of aromatic nitrogens is 2. The second-order valence-corrected chi connectivity index (χ2v) is 3.96. The predicted molar refractivity (Wildman–Crippen MR) is 58.9 cm³/mol. The van der Waals surface area contributed by atoms with Crippen molar-refractivity contribution in [2.24, 2.45) is 0 Å². The van der Waals surface area contributed by atoms with Gasteiger partial charge in [-0.3, -0.25) is 4.79 Å². The maximum Gasteiger partial charge on any atom is 0.335 e. The fourth-order valence-electron chi connectivity index (χ4n) is 1.26. The molecular weight excluding hydrogens is 228 g/mol. The Morgan fingerprint density at radius 1 is 1.38 bits per heavy atom. The molecule has 0 spiro atoms. The molecule has 1 aromatic carbocycles. The molecule has 0 radical (unpaired) electrons. The first-order valence-corrected chi connectivity index (χ1v) is 5.37. The van der Waals surface area contributed by atoms with Gasteiger partial charge in [0.1, 0.15) is 5.51 Å². The SMILES string of the molecule is O=C(O)c1ccc(Cn2ncsc2=O)cc1. The van der Waals surface area contributed by atoms with E-state index in [4.69, 9.17) is 5.11 Å². The van der Waals surface area contributed by atoms with E-state index < -0.39 is 5.97 Å². The minimum absolute atomic E-state index is 0.123. The van der Waals surface area contributed by atoms with E-state index in [1.54, 1.807) is 12.1 Å². The molecule has 0 atom stereocenters. The number of carboxylic acid groups (broad SMARTS) is 1. The van der Waals surface area contributed by atoms with E-state index in [2.05, 4.69) is 5.10 Å². The van der Waals surface area contributed by atoms with Crippen LogP contribution in [0.5, 0.6) is 0 Å². The minimum atomic E-state index is -0.961. The van der Waals surface area contributed by atoms with Crippen molar-refractivity contribution in [3.63, 3.8) is 0 Å². The molecule has 0 bridgehead atoms. The van der Waals surface area contributed by atoms with Crippen LogP contribution < -0.4 is 4.87 Å². The number of carbonyl (C=O) groups is 1. The molecule has 5 nitrogen and oxygen atoms in total. The number of rotatable bonds is 3. The number of aromatic carboxylic acids is 1. The van der Waals surface area contributed by atoms with E-state index in [9.17, 15) is 9.59 Å². The molecule has 0 aliphatic carbocycles. The Morgan fingerprint density at radius 3 is 2.56 bits per heavy atom. The second kappa shape index (κ2) is 4.28. The summed E-state index contributed by atoms with van der Waals surface area (Å²) in [5.74, 6) is -0.961. The summed E-state index contributed by atoms with van der Waals surface area (Å²) in [6, 6.07) is 6.37. The van der Waals surface area contributed by atoms with Crippen molar-refractivity contribution in [1.29, 1.82) is 0 Å². The molecule has 6 heteroatoms. The van der Waals surface area contributed by atoms with E-state index >= 15 is 0 Å². The average Bonchev–Trinajstić information content (AvgIpc) is 2.65. The van der Waals surface area contributed by atoms with Gasteiger partial charge in [-0.05, 0) is 17.7 Å². The van der Waals surface area contributed by atoms with Crippen LogP contribution in [0.2, 0.25) is 0 Å². The van der Waals surface area contributed by atoms with Crippen LogP contribution in [0.1, 0.15) is 15.9 Å². The van der Waals surface area contributed by atoms with E-state index in [-0.39, 0.29) is 10.4 Å². The summed E-state index contributed by atoms with van der Waals surface area (Å²) in [5, 5.41) is 12.6. The Balaban J connectivity index is 2.20. The van der Waals surface area contributed by atoms with Crippen molar-refractivity contribution in [2.45, 2.75) is 6.54 Å². The monoisotopic (exact) mass is 236 g/mol. The first kappa shape index (κ1) is 10.6. The molecule has 1 aromatic heterocycles. The van der Waals surface area contributed by atoms with Crippen LogP contribution in [0.4, 0.5) is 0 Å². The van der Waals surface area contributed by atoms with Crippen LogP contribution in [0.15, 0.2) is 34.6 Å². The van der Waals surface area contributed by atoms with Gasteiger partial charge in [-0.15, -0.1) is 0 Å². The topological polar surface area (TPSA) is 72.2 Å². The Morgan fingerprint density at radius 2 is 2.06 bits per heavy atom. The van der Waals surface area contributed by atoms with Crippen LogP contribution in [0, 0.1) is 0 Å². The molecule has 16 heavy (non-hydrogen) atoms. The van der Waals surface area contributed by atoms with Crippen LogP contribution in [0.25, 0.3) is 0 Å². The lowest BCUT2D eigenvalue weighted by atomic mass is 10.1. The first-order valence-electron chi connectivity index (χ1n) is 4.49. The lowest BCUT2D eigenvalue weighted by Crippen LogP contribution is -2.15. The molecule has 1 N–H and O–H groups in total. The van der Waals surface area contributed by atoms with Gasteiger partial charge in [-0.1, -0.05) is 23.5 Å². The number of hydrogen-bond donors (Lipinski definition) is 1. The van der Waals surface area contributed by atoms with Crippen LogP contribution in [0.3, 0.4) is 0 Å². The van der Waals surface area contributed by atoms with Gasteiger partial charge in [0.2, 0.25) is 0 Å². The molecule has 0 unspecified atom stereocenters. The van der Waals surface area contributed by atoms with Gasteiger partial charge in [0.15, 0.2) is 0 Å². The molecule has 0 aliphatic heterocycles. The zero-order valence-corrected chi connectivity index (χ0v) is 8.98. The highest BCUT2D eigenvalue weighted by atomic mass is 32.1. The molecule has 82 valence electrons. The smallest absolute Gasteiger partial charge is 0.335 e. The summed E-state index contributed by atoms with van der Waals surface area (Å²) in [4.78, 5) is 21.7. The minimum Gasteiger partial charge on any atom is -0.478 e. The van der Waals surface area contributed by atoms with Gasteiger partial charge < -0.3 is 5.11 Å². The Kier molecular flexibility index (Phi) is 2.82.